The predicted octanol–water partition coefficient (Wildman–Crippen LogP) is 4.34. The second kappa shape index (κ2) is 6.24. The summed E-state index contributed by atoms with van der Waals surface area (Å²) in [7, 11) is 0. The van der Waals surface area contributed by atoms with Crippen LogP contribution < -0.4 is 5.32 Å². The fourth-order valence-electron chi connectivity index (χ4n) is 2.12. The number of anilines is 1. The highest BCUT2D eigenvalue weighted by Gasteiger charge is 2.21. The first-order valence-corrected chi connectivity index (χ1v) is 7.44. The molecule has 0 saturated heterocycles. The molecule has 2 aromatic rings. The minimum Gasteiger partial charge on any atom is -0.478 e. The fraction of sp³-hybridized carbons (Fsp3) is 0.263. The van der Waals surface area contributed by atoms with E-state index in [0.717, 1.165) is 22.4 Å². The topological polar surface area (TPSA) is 66.4 Å². The first-order chi connectivity index (χ1) is 10.7. The molecule has 0 radical (unpaired) electrons. The number of hydrogen-bond donors (Lipinski definition) is 2. The van der Waals surface area contributed by atoms with Crippen LogP contribution in [0.2, 0.25) is 0 Å². The number of nitrogens with one attached hydrogen (secondary N) is 1. The molecular weight excluding hydrogens is 290 g/mol. The SMILES string of the molecule is Cc1ccc(NC(=O)C(C)(C)C)cc1-c1ccc(C(=O)O)cc1. The van der Waals surface area contributed by atoms with E-state index in [1.54, 1.807) is 24.3 Å². The Labute approximate surface area is 136 Å². The molecule has 0 aromatic heterocycles. The van der Waals surface area contributed by atoms with Crippen LogP contribution in [0.5, 0.6) is 0 Å². The van der Waals surface area contributed by atoms with Gasteiger partial charge in [0.05, 0.1) is 5.56 Å². The van der Waals surface area contributed by atoms with Crippen LogP contribution in [0.25, 0.3) is 11.1 Å². The molecule has 2 N–H and O–H groups in total. The normalized spacial score (nSPS) is 11.1. The minimum atomic E-state index is -0.945. The highest BCUT2D eigenvalue weighted by molar-refractivity contribution is 5.95. The molecular formula is C19H21NO3. The number of carbonyl (C=O) groups is 2. The molecule has 0 bridgehead atoms. The lowest BCUT2D eigenvalue weighted by Crippen LogP contribution is -2.27. The van der Waals surface area contributed by atoms with Gasteiger partial charge in [0.25, 0.3) is 0 Å². The van der Waals surface area contributed by atoms with Crippen LogP contribution >= 0.6 is 0 Å². The molecule has 2 rings (SSSR count). The van der Waals surface area contributed by atoms with Crippen LogP contribution in [0, 0.1) is 12.3 Å². The predicted molar refractivity (Wildman–Crippen MR) is 91.7 cm³/mol. The first kappa shape index (κ1) is 16.7. The van der Waals surface area contributed by atoms with Gasteiger partial charge >= 0.3 is 5.97 Å². The van der Waals surface area contributed by atoms with Crippen molar-refractivity contribution in [1.82, 2.24) is 0 Å². The van der Waals surface area contributed by atoms with E-state index in [2.05, 4.69) is 5.32 Å². The van der Waals surface area contributed by atoms with E-state index in [9.17, 15) is 9.59 Å². The molecule has 0 spiro atoms. The van der Waals surface area contributed by atoms with E-state index >= 15 is 0 Å². The Morgan fingerprint density at radius 2 is 1.61 bits per heavy atom. The Morgan fingerprint density at radius 3 is 2.13 bits per heavy atom. The number of benzene rings is 2. The average Bonchev–Trinajstić information content (AvgIpc) is 2.48. The number of rotatable bonds is 3. The summed E-state index contributed by atoms with van der Waals surface area (Å²) in [6.07, 6.45) is 0. The second-order valence-electron chi connectivity index (χ2n) is 6.62. The maximum atomic E-state index is 12.1. The van der Waals surface area contributed by atoms with Crippen LogP contribution in [0.3, 0.4) is 0 Å². The third-order valence-corrected chi connectivity index (χ3v) is 3.62. The molecule has 0 heterocycles. The number of aryl methyl sites for hydroxylation is 1. The van der Waals surface area contributed by atoms with Gasteiger partial charge in [-0.25, -0.2) is 4.79 Å². The van der Waals surface area contributed by atoms with E-state index in [0.29, 0.717) is 0 Å². The first-order valence-electron chi connectivity index (χ1n) is 7.44. The van der Waals surface area contributed by atoms with Gasteiger partial charge in [-0.1, -0.05) is 39.0 Å². The van der Waals surface area contributed by atoms with E-state index in [1.165, 1.54) is 0 Å². The van der Waals surface area contributed by atoms with Crippen molar-refractivity contribution in [1.29, 1.82) is 0 Å². The molecule has 120 valence electrons. The smallest absolute Gasteiger partial charge is 0.335 e. The Bertz CT molecular complexity index is 740. The maximum absolute atomic E-state index is 12.1. The third kappa shape index (κ3) is 3.97. The molecule has 0 atom stereocenters. The van der Waals surface area contributed by atoms with Crippen molar-refractivity contribution in [3.8, 4) is 11.1 Å². The summed E-state index contributed by atoms with van der Waals surface area (Å²) in [4.78, 5) is 23.0. The van der Waals surface area contributed by atoms with Gasteiger partial charge in [0.1, 0.15) is 0 Å². The molecule has 0 fully saturated rings. The number of amides is 1. The Hall–Kier alpha value is -2.62. The monoisotopic (exact) mass is 311 g/mol. The van der Waals surface area contributed by atoms with Crippen molar-refractivity contribution in [3.05, 3.63) is 53.6 Å². The third-order valence-electron chi connectivity index (χ3n) is 3.62. The Morgan fingerprint density at radius 1 is 1.00 bits per heavy atom. The molecule has 2 aromatic carbocycles. The van der Waals surface area contributed by atoms with Gasteiger partial charge in [-0.15, -0.1) is 0 Å². The summed E-state index contributed by atoms with van der Waals surface area (Å²) >= 11 is 0. The molecule has 0 saturated carbocycles. The average molecular weight is 311 g/mol. The lowest BCUT2D eigenvalue weighted by atomic mass is 9.95. The van der Waals surface area contributed by atoms with Crippen molar-refractivity contribution in [3.63, 3.8) is 0 Å². The molecule has 0 aliphatic rings. The van der Waals surface area contributed by atoms with E-state index in [4.69, 9.17) is 5.11 Å². The van der Waals surface area contributed by atoms with Gasteiger partial charge in [0.15, 0.2) is 0 Å². The van der Waals surface area contributed by atoms with Gasteiger partial charge in [-0.2, -0.15) is 0 Å². The van der Waals surface area contributed by atoms with Crippen molar-refractivity contribution >= 4 is 17.6 Å². The van der Waals surface area contributed by atoms with E-state index in [1.807, 2.05) is 45.9 Å². The Kier molecular flexibility index (Phi) is 4.55. The van der Waals surface area contributed by atoms with Gasteiger partial charge < -0.3 is 10.4 Å². The summed E-state index contributed by atoms with van der Waals surface area (Å²) in [5.41, 5.74) is 3.46. The van der Waals surface area contributed by atoms with Crippen molar-refractivity contribution < 1.29 is 14.7 Å². The zero-order valence-electron chi connectivity index (χ0n) is 13.8. The largest absolute Gasteiger partial charge is 0.478 e. The van der Waals surface area contributed by atoms with Gasteiger partial charge in [0.2, 0.25) is 5.91 Å². The summed E-state index contributed by atoms with van der Waals surface area (Å²) < 4.78 is 0. The molecule has 4 nitrogen and oxygen atoms in total. The highest BCUT2D eigenvalue weighted by atomic mass is 16.4. The van der Waals surface area contributed by atoms with Gasteiger partial charge in [0, 0.05) is 11.1 Å². The number of aromatic carboxylic acids is 1. The number of carboxylic acid groups (broad SMARTS) is 1. The van der Waals surface area contributed by atoms with Gasteiger partial charge in [-0.3, -0.25) is 4.79 Å². The summed E-state index contributed by atoms with van der Waals surface area (Å²) in [5, 5.41) is 11.9. The van der Waals surface area contributed by atoms with E-state index < -0.39 is 11.4 Å². The summed E-state index contributed by atoms with van der Waals surface area (Å²) in [6.45, 7) is 7.57. The molecule has 0 aliphatic heterocycles. The van der Waals surface area contributed by atoms with Gasteiger partial charge in [-0.05, 0) is 47.9 Å². The molecule has 0 unspecified atom stereocenters. The van der Waals surface area contributed by atoms with Crippen LogP contribution in [0.15, 0.2) is 42.5 Å². The van der Waals surface area contributed by atoms with Crippen LogP contribution in [0.4, 0.5) is 5.69 Å². The van der Waals surface area contributed by atoms with E-state index in [-0.39, 0.29) is 11.5 Å². The van der Waals surface area contributed by atoms with Crippen molar-refractivity contribution in [2.75, 3.05) is 5.32 Å². The van der Waals surface area contributed by atoms with Crippen LogP contribution in [-0.4, -0.2) is 17.0 Å². The van der Waals surface area contributed by atoms with Crippen LogP contribution in [-0.2, 0) is 4.79 Å². The molecule has 0 aliphatic carbocycles. The highest BCUT2D eigenvalue weighted by Crippen LogP contribution is 2.28. The number of carboxylic acids is 1. The second-order valence-corrected chi connectivity index (χ2v) is 6.62. The molecule has 4 heteroatoms. The lowest BCUT2D eigenvalue weighted by molar-refractivity contribution is -0.123. The quantitative estimate of drug-likeness (QED) is 0.886. The van der Waals surface area contributed by atoms with Crippen molar-refractivity contribution in [2.24, 2.45) is 5.41 Å². The zero-order chi connectivity index (χ0) is 17.2. The molecule has 1 amide bonds. The Balaban J connectivity index is 2.34. The minimum absolute atomic E-state index is 0.0477. The van der Waals surface area contributed by atoms with Crippen molar-refractivity contribution in [2.45, 2.75) is 27.7 Å². The molecule has 23 heavy (non-hydrogen) atoms. The summed E-state index contributed by atoms with van der Waals surface area (Å²) in [5.74, 6) is -0.993. The fourth-order valence-corrected chi connectivity index (χ4v) is 2.12. The zero-order valence-corrected chi connectivity index (χ0v) is 13.8. The summed E-state index contributed by atoms with van der Waals surface area (Å²) in [6, 6.07) is 12.4. The number of carbonyl (C=O) groups excluding carboxylic acids is 1. The standard InChI is InChI=1S/C19H21NO3/c1-12-5-10-15(20-18(23)19(2,3)4)11-16(12)13-6-8-14(9-7-13)17(21)22/h5-11H,1-4H3,(H,20,23)(H,21,22). The van der Waals surface area contributed by atoms with Crippen LogP contribution in [0.1, 0.15) is 36.7 Å². The lowest BCUT2D eigenvalue weighted by Gasteiger charge is -2.18. The number of hydrogen-bond acceptors (Lipinski definition) is 2. The maximum Gasteiger partial charge on any atom is 0.335 e.